The first kappa shape index (κ1) is 92.8. The second-order valence-electron chi connectivity index (χ2n) is 32.0. The number of aromatic amines is 3. The number of nitrogens with one attached hydrogen (secondary N) is 3. The number of halogens is 1. The van der Waals surface area contributed by atoms with E-state index >= 15 is 4.39 Å². The SMILES string of the molecule is Nc1nc2c(ncn2[C@@H]2O[C@@H]3COP(O)(=S)O[C@H]4[C@@H](F)[C@H](n5cnc6c(N)ccnc65)O[C@@H]4COP(=O)(S)O[C@@H]2C3)c(=O)[nH]1.Nc1nc2c(ncn2[C@@H]2O[C@@H]3COP(O)(=S)O[C@H]4[C@H]5OC[C@]4(COP(O)(=S)O[C@@H]2C3)O[C@H]5n2cnc3c(N)ccnc32)c(=O)[nH]1.Nc1nc2c(ncn2[C@@H]2O[C@@H]3COP(O)(=S)O[C@H]4[C@H]5OC[C@]4(COP(O)(=S)O[C@@H]2C3)O[C@H]5n2cnc3c(N)ccnc32)c(=O)[nH]1. The maximum atomic E-state index is 16.0. The van der Waals surface area contributed by atoms with Gasteiger partial charge in [-0.15, -0.1) is 0 Å². The number of alkyl halides is 1. The van der Waals surface area contributed by atoms with Crippen molar-refractivity contribution in [2.45, 2.75) is 147 Å². The molecule has 69 heteroatoms. The zero-order valence-electron chi connectivity index (χ0n) is 67.8. The minimum absolute atomic E-state index is 0.0111. The van der Waals surface area contributed by atoms with Crippen molar-refractivity contribution >= 4 is 214 Å². The van der Waals surface area contributed by atoms with Crippen LogP contribution in [0.2, 0.25) is 0 Å². The van der Waals surface area contributed by atoms with Gasteiger partial charge in [0.15, 0.2) is 94.0 Å². The summed E-state index contributed by atoms with van der Waals surface area (Å²) in [5.41, 5.74) is 34.7. The van der Waals surface area contributed by atoms with Gasteiger partial charge < -0.3 is 128 Å². The third-order valence-corrected chi connectivity index (χ3v) is 32.7. The summed E-state index contributed by atoms with van der Waals surface area (Å²) in [6, 6.07) is 4.79. The summed E-state index contributed by atoms with van der Waals surface area (Å²) in [5, 5.41) is 0. The molecule has 11 saturated heterocycles. The predicted octanol–water partition coefficient (Wildman–Crippen LogP) is 1.19. The van der Waals surface area contributed by atoms with Crippen molar-refractivity contribution in [1.82, 2.24) is 102 Å². The first-order valence-corrected chi connectivity index (χ1v) is 55.6. The van der Waals surface area contributed by atoms with Crippen LogP contribution in [0, 0.1) is 0 Å². The lowest BCUT2D eigenvalue weighted by atomic mass is 10.0. The zero-order chi connectivity index (χ0) is 93.6. The molecule has 0 radical (unpaired) electrons. The highest BCUT2D eigenvalue weighted by molar-refractivity contribution is 8.44. The van der Waals surface area contributed by atoms with Crippen molar-refractivity contribution in [2.24, 2.45) is 0 Å². The summed E-state index contributed by atoms with van der Waals surface area (Å²) < 4.78 is 157. The summed E-state index contributed by atoms with van der Waals surface area (Å²) in [6.07, 6.45) is -6.60. The Morgan fingerprint density at radius 3 is 1.09 bits per heavy atom. The molecule has 0 saturated carbocycles. The topological polar surface area (TPSA) is 742 Å². The molecule has 23 heterocycles. The molecule has 56 nitrogen and oxygen atoms in total. The molecular weight excluding hydrogens is 2020 g/mol. The van der Waals surface area contributed by atoms with Gasteiger partial charge in [0.25, 0.3) is 16.7 Å². The molecule has 11 aliphatic rings. The number of nitrogens with zero attached hydrogens (tertiary/aromatic N) is 18. The minimum atomic E-state index is -4.20. The number of nitrogens with two attached hydrogens (primary N) is 6. The molecule has 11 fully saturated rings. The predicted molar refractivity (Wildman–Crippen MR) is 477 cm³/mol. The standard InChI is InChI=1S/2C22H25N9O10P2S2.C21H24FN9O9P2S2/c2*23-10-1-2-25-16-12(10)26-7-30(16)20-14-15-22(39-20,5-35-14)6-37-43(34,45)40-11-3-9(4-36-42(33,44)41-15)38-19(11)31-8-27-13-17(31)28-21(24)29-18(13)32;22-12-15-11(38-20(12)30-6-26-13-9(23)1-2-25-16(13)30)5-36-41(33,43)39-10-3-8(4-35-42(34,44)40-15)37-19(10)31-7-27-14-17(31)28-21(24)29-18(14)32/h2*1-2,7-9,11,14-15,19-20H,3-6H2,(H2,23,25)(H,33,44)(H,34,45)(H3,24,28,29,32);1-2,6-8,10-12,15,19-20H,3-5H2,(H2,23,25)(H,33,43)(H,34,44)(H3,24,28,29,32)/t2*9-,11+,14+,15-,19+,20+,22+,42?,43?;8-,10+,11+,12+,15+,19+,20+,41?,42?/m000/s1. The fourth-order valence-corrected chi connectivity index (χ4v) is 26.3. The maximum absolute atomic E-state index is 16.0. The quantitative estimate of drug-likeness (QED) is 0.0821. The second-order valence-corrected chi connectivity index (χ2v) is 48.8. The number of anilines is 6. The van der Waals surface area contributed by atoms with Gasteiger partial charge in [-0.25, -0.2) is 53.8 Å². The van der Waals surface area contributed by atoms with Crippen LogP contribution in [0.15, 0.2) is 89.1 Å². The Morgan fingerprint density at radius 1 is 0.388 bits per heavy atom. The molecule has 23 rings (SSSR count). The summed E-state index contributed by atoms with van der Waals surface area (Å²) in [5.74, 6) is -0.435. The number of fused-ring (bicyclic) bond motifs is 13. The lowest BCUT2D eigenvalue weighted by Gasteiger charge is -2.33. The molecule has 0 amide bonds. The molecule has 12 aromatic rings. The summed E-state index contributed by atoms with van der Waals surface area (Å²) in [6.45, 7) is -26.4. The van der Waals surface area contributed by atoms with Crippen LogP contribution in [-0.4, -0.2) is 270 Å². The summed E-state index contributed by atoms with van der Waals surface area (Å²) in [7, 11) is 0. The first-order valence-electron chi connectivity index (χ1n) is 39.9. The molecule has 134 heavy (non-hydrogen) atoms. The van der Waals surface area contributed by atoms with E-state index in [2.05, 4.69) is 87.0 Å². The Hall–Kier alpha value is -7.53. The number of aromatic nitrogens is 21. The third kappa shape index (κ3) is 17.4. The Kier molecular flexibility index (Phi) is 24.1. The average Bonchev–Trinajstić information content (AvgIpc) is 1.56. The largest absolute Gasteiger partial charge is 0.397 e. The molecule has 716 valence electrons. The van der Waals surface area contributed by atoms with Crippen LogP contribution in [0.3, 0.4) is 0 Å². The molecule has 0 spiro atoms. The van der Waals surface area contributed by atoms with E-state index < -0.39 is 192 Å². The molecule has 0 aromatic carbocycles. The van der Waals surface area contributed by atoms with Crippen molar-refractivity contribution in [1.29, 1.82) is 0 Å². The van der Waals surface area contributed by atoms with E-state index in [0.717, 1.165) is 0 Å². The molecule has 27 atom stereocenters. The van der Waals surface area contributed by atoms with E-state index in [0.29, 0.717) is 44.9 Å². The Bertz CT molecular complexity index is 6930. The second kappa shape index (κ2) is 34.8. The van der Waals surface area contributed by atoms with Gasteiger partial charge in [-0.1, -0.05) is 12.2 Å². The van der Waals surface area contributed by atoms with E-state index in [1.165, 1.54) is 74.8 Å². The number of hydrogen-bond acceptors (Lipinski definition) is 47. The Balaban J connectivity index is 0.000000121. The Morgan fingerprint density at radius 2 is 0.716 bits per heavy atom. The number of thiol groups is 1. The van der Waals surface area contributed by atoms with Crippen molar-refractivity contribution in [3.05, 3.63) is 106 Å². The first-order chi connectivity index (χ1) is 63.7. The van der Waals surface area contributed by atoms with Crippen LogP contribution in [-0.2, 0) is 156 Å². The summed E-state index contributed by atoms with van der Waals surface area (Å²) >= 11 is 31.0. The van der Waals surface area contributed by atoms with Gasteiger partial charge in [-0.05, 0) is 77.2 Å². The lowest BCUT2D eigenvalue weighted by molar-refractivity contribution is -0.183. The summed E-state index contributed by atoms with van der Waals surface area (Å²) in [4.78, 5) is 151. The molecule has 6 unspecified atom stereocenters. The van der Waals surface area contributed by atoms with E-state index in [-0.39, 0.29) is 122 Å². The average molecular weight is 2090 g/mol. The zero-order valence-corrected chi connectivity index (χ0v) is 78.1. The van der Waals surface area contributed by atoms with Gasteiger partial charge in [0.05, 0.1) is 126 Å². The van der Waals surface area contributed by atoms with E-state index in [1.807, 2.05) is 0 Å². The van der Waals surface area contributed by atoms with Crippen molar-refractivity contribution in [2.75, 3.05) is 87.3 Å². The fourth-order valence-electron chi connectivity index (χ4n) is 17.4. The number of H-pyrrole nitrogens is 3. The molecular formula is C65H74FN27O29P6S6. The normalized spacial score (nSPS) is 37.9. The highest BCUT2D eigenvalue weighted by atomic mass is 32.7. The monoisotopic (exact) mass is 2090 g/mol. The van der Waals surface area contributed by atoms with Gasteiger partial charge in [0.1, 0.15) is 82.7 Å². The lowest BCUT2D eigenvalue weighted by Crippen LogP contribution is -2.45. The molecule has 12 aromatic heterocycles. The fraction of sp³-hybridized carbons (Fsp3) is 0.492. The molecule has 20 N–H and O–H groups in total. The maximum Gasteiger partial charge on any atom is 0.386 e. The minimum Gasteiger partial charge on any atom is -0.397 e. The number of ether oxygens (including phenoxy) is 8. The highest BCUT2D eigenvalue weighted by Gasteiger charge is 2.68. The molecule has 11 aliphatic heterocycles. The Labute approximate surface area is 776 Å². The van der Waals surface area contributed by atoms with Crippen LogP contribution < -0.4 is 51.1 Å². The van der Waals surface area contributed by atoms with Gasteiger partial charge in [-0.3, -0.25) is 79.4 Å². The van der Waals surface area contributed by atoms with Gasteiger partial charge >= 0.3 is 40.4 Å². The number of rotatable bonds is 6. The smallest absolute Gasteiger partial charge is 0.386 e. The number of imidazole rings is 6. The number of hydrogen-bond donors (Lipinski definition) is 15. The van der Waals surface area contributed by atoms with Gasteiger partial charge in [0, 0.05) is 37.9 Å². The van der Waals surface area contributed by atoms with E-state index in [1.54, 1.807) is 27.3 Å². The number of pyridine rings is 3. The van der Waals surface area contributed by atoms with Crippen LogP contribution >= 0.6 is 52.6 Å². The number of nitrogen functional groups attached to an aromatic ring is 6. The van der Waals surface area contributed by atoms with Crippen molar-refractivity contribution in [3.8, 4) is 0 Å². The molecule has 0 aliphatic carbocycles. The van der Waals surface area contributed by atoms with Crippen molar-refractivity contribution in [3.63, 3.8) is 0 Å². The van der Waals surface area contributed by atoms with Gasteiger partial charge in [-0.2, -0.15) is 15.0 Å². The van der Waals surface area contributed by atoms with Gasteiger partial charge in [0.2, 0.25) is 17.8 Å². The third-order valence-electron chi connectivity index (χ3n) is 23.3. The van der Waals surface area contributed by atoms with E-state index in [4.69, 9.17) is 186 Å². The van der Waals surface area contributed by atoms with Crippen LogP contribution in [0.5, 0.6) is 0 Å². The van der Waals surface area contributed by atoms with E-state index in [9.17, 15) is 43.4 Å². The van der Waals surface area contributed by atoms with Crippen molar-refractivity contribution < 1.29 is 126 Å². The van der Waals surface area contributed by atoms with Crippen LogP contribution in [0.25, 0.3) is 67.0 Å². The van der Waals surface area contributed by atoms with Crippen LogP contribution in [0.4, 0.5) is 39.3 Å². The molecule has 10 bridgehead atoms. The van der Waals surface area contributed by atoms with Crippen LogP contribution in [0.1, 0.15) is 56.6 Å². The highest BCUT2D eigenvalue weighted by Crippen LogP contribution is 2.63.